The molecule has 1 unspecified atom stereocenters. The molecule has 0 fully saturated rings. The molecule has 3 heteroatoms. The molecule has 1 atom stereocenters. The summed E-state index contributed by atoms with van der Waals surface area (Å²) in [6, 6.07) is 12.8. The fourth-order valence-electron chi connectivity index (χ4n) is 2.41. The van der Waals surface area contributed by atoms with Crippen molar-refractivity contribution in [3.05, 3.63) is 59.9 Å². The quantitative estimate of drug-likeness (QED) is 0.876. The monoisotopic (exact) mass is 269 g/mol. The highest BCUT2D eigenvalue weighted by atomic mass is 15.1. The molecule has 1 aromatic heterocycles. The first-order chi connectivity index (χ1) is 9.70. The van der Waals surface area contributed by atoms with Crippen LogP contribution in [0.2, 0.25) is 0 Å². The highest BCUT2D eigenvalue weighted by Gasteiger charge is 2.11. The maximum Gasteiger partial charge on any atom is 0.0430 e. The van der Waals surface area contributed by atoms with E-state index in [2.05, 4.69) is 60.1 Å². The van der Waals surface area contributed by atoms with Gasteiger partial charge in [0.25, 0.3) is 0 Å². The molecule has 0 saturated heterocycles. The van der Waals surface area contributed by atoms with Crippen LogP contribution in [0, 0.1) is 0 Å². The lowest BCUT2D eigenvalue weighted by atomic mass is 10.0. The van der Waals surface area contributed by atoms with Crippen LogP contribution in [0.15, 0.2) is 48.8 Å². The van der Waals surface area contributed by atoms with Gasteiger partial charge in [-0.1, -0.05) is 18.2 Å². The molecule has 2 aromatic rings. The lowest BCUT2D eigenvalue weighted by Crippen LogP contribution is -2.25. The van der Waals surface area contributed by atoms with E-state index in [0.29, 0.717) is 0 Å². The summed E-state index contributed by atoms with van der Waals surface area (Å²) in [6.45, 7) is 6.10. The number of nitrogens with two attached hydrogens (primary N) is 1. The van der Waals surface area contributed by atoms with Gasteiger partial charge in [0.1, 0.15) is 0 Å². The maximum absolute atomic E-state index is 5.96. The number of para-hydroxylation sites is 1. The van der Waals surface area contributed by atoms with E-state index in [1.54, 1.807) is 0 Å². The zero-order chi connectivity index (χ0) is 14.4. The van der Waals surface area contributed by atoms with Gasteiger partial charge >= 0.3 is 0 Å². The fraction of sp³-hybridized carbons (Fsp3) is 0.353. The van der Waals surface area contributed by atoms with Gasteiger partial charge in [-0.15, -0.1) is 0 Å². The van der Waals surface area contributed by atoms with Crippen molar-refractivity contribution in [3.63, 3.8) is 0 Å². The van der Waals surface area contributed by atoms with Gasteiger partial charge in [-0.05, 0) is 49.6 Å². The van der Waals surface area contributed by atoms with Crippen LogP contribution in [0.4, 0.5) is 5.69 Å². The minimum Gasteiger partial charge on any atom is -0.367 e. The average Bonchev–Trinajstić information content (AvgIpc) is 2.46. The van der Waals surface area contributed by atoms with Crippen LogP contribution >= 0.6 is 0 Å². The molecule has 1 aromatic carbocycles. The predicted molar refractivity (Wildman–Crippen MR) is 84.8 cm³/mol. The summed E-state index contributed by atoms with van der Waals surface area (Å²) in [5, 5.41) is 0. The number of nitrogens with zero attached hydrogens (tertiary/aromatic N) is 2. The normalized spacial score (nSPS) is 12.2. The minimum atomic E-state index is 0.177. The predicted octanol–water partition coefficient (Wildman–Crippen LogP) is 3.00. The van der Waals surface area contributed by atoms with Crippen molar-refractivity contribution >= 4 is 5.69 Å². The van der Waals surface area contributed by atoms with Crippen LogP contribution in [-0.2, 0) is 13.0 Å². The van der Waals surface area contributed by atoms with Crippen molar-refractivity contribution < 1.29 is 0 Å². The molecule has 0 aliphatic rings. The number of benzene rings is 1. The van der Waals surface area contributed by atoms with Crippen LogP contribution in [0.25, 0.3) is 0 Å². The third-order valence-corrected chi connectivity index (χ3v) is 3.38. The van der Waals surface area contributed by atoms with E-state index < -0.39 is 0 Å². The molecule has 0 aliphatic carbocycles. The Morgan fingerprint density at radius 1 is 1.15 bits per heavy atom. The SMILES string of the molecule is CCN(Cc1ccncc1)c1ccccc1CC(C)N. The van der Waals surface area contributed by atoms with Gasteiger partial charge in [-0.3, -0.25) is 4.98 Å². The smallest absolute Gasteiger partial charge is 0.0430 e. The van der Waals surface area contributed by atoms with Gasteiger partial charge in [-0.25, -0.2) is 0 Å². The van der Waals surface area contributed by atoms with Crippen LogP contribution in [0.3, 0.4) is 0 Å². The minimum absolute atomic E-state index is 0.177. The number of anilines is 1. The Kier molecular flexibility index (Phi) is 5.13. The zero-order valence-corrected chi connectivity index (χ0v) is 12.3. The zero-order valence-electron chi connectivity index (χ0n) is 12.3. The maximum atomic E-state index is 5.96. The third-order valence-electron chi connectivity index (χ3n) is 3.38. The second kappa shape index (κ2) is 7.06. The Balaban J connectivity index is 2.23. The highest BCUT2D eigenvalue weighted by Crippen LogP contribution is 2.23. The summed E-state index contributed by atoms with van der Waals surface area (Å²) in [7, 11) is 0. The molecule has 0 spiro atoms. The largest absolute Gasteiger partial charge is 0.367 e. The summed E-state index contributed by atoms with van der Waals surface area (Å²) in [4.78, 5) is 6.46. The highest BCUT2D eigenvalue weighted by molar-refractivity contribution is 5.54. The first-order valence-electron chi connectivity index (χ1n) is 7.18. The lowest BCUT2D eigenvalue weighted by Gasteiger charge is -2.26. The second-order valence-electron chi connectivity index (χ2n) is 5.18. The van der Waals surface area contributed by atoms with Crippen molar-refractivity contribution in [3.8, 4) is 0 Å². The average molecular weight is 269 g/mol. The summed E-state index contributed by atoms with van der Waals surface area (Å²) >= 11 is 0. The third kappa shape index (κ3) is 3.81. The Labute approximate surface area is 121 Å². The summed E-state index contributed by atoms with van der Waals surface area (Å²) in [6.07, 6.45) is 4.59. The molecule has 3 nitrogen and oxygen atoms in total. The molecular formula is C17H23N3. The standard InChI is InChI=1S/C17H23N3/c1-3-20(13-15-8-10-19-11-9-15)17-7-5-4-6-16(17)12-14(2)18/h4-11,14H,3,12-13,18H2,1-2H3. The molecule has 20 heavy (non-hydrogen) atoms. The van der Waals surface area contributed by atoms with Gasteiger partial charge in [0.05, 0.1) is 0 Å². The molecule has 106 valence electrons. The van der Waals surface area contributed by atoms with Crippen LogP contribution in [0.1, 0.15) is 25.0 Å². The topological polar surface area (TPSA) is 42.2 Å². The van der Waals surface area contributed by atoms with Crippen molar-refractivity contribution in [1.29, 1.82) is 0 Å². The molecular weight excluding hydrogens is 246 g/mol. The Hall–Kier alpha value is -1.87. The van der Waals surface area contributed by atoms with E-state index in [1.807, 2.05) is 12.4 Å². The van der Waals surface area contributed by atoms with Crippen LogP contribution in [0.5, 0.6) is 0 Å². The number of rotatable bonds is 6. The van der Waals surface area contributed by atoms with Gasteiger partial charge < -0.3 is 10.6 Å². The van der Waals surface area contributed by atoms with Gasteiger partial charge in [-0.2, -0.15) is 0 Å². The molecule has 1 heterocycles. The van der Waals surface area contributed by atoms with Gasteiger partial charge in [0.15, 0.2) is 0 Å². The van der Waals surface area contributed by atoms with Crippen molar-refractivity contribution in [2.45, 2.75) is 32.9 Å². The van der Waals surface area contributed by atoms with Gasteiger partial charge in [0.2, 0.25) is 0 Å². The second-order valence-corrected chi connectivity index (χ2v) is 5.18. The van der Waals surface area contributed by atoms with Crippen molar-refractivity contribution in [1.82, 2.24) is 4.98 Å². The molecule has 0 bridgehead atoms. The first kappa shape index (κ1) is 14.5. The van der Waals surface area contributed by atoms with E-state index >= 15 is 0 Å². The van der Waals surface area contributed by atoms with E-state index in [4.69, 9.17) is 5.73 Å². The molecule has 2 rings (SSSR count). The van der Waals surface area contributed by atoms with E-state index in [0.717, 1.165) is 19.5 Å². The number of hydrogen-bond donors (Lipinski definition) is 1. The Morgan fingerprint density at radius 2 is 1.85 bits per heavy atom. The summed E-state index contributed by atoms with van der Waals surface area (Å²) in [5.41, 5.74) is 9.84. The molecule has 2 N–H and O–H groups in total. The summed E-state index contributed by atoms with van der Waals surface area (Å²) in [5.74, 6) is 0. The van der Waals surface area contributed by atoms with Crippen molar-refractivity contribution in [2.75, 3.05) is 11.4 Å². The Bertz CT molecular complexity index is 523. The number of aromatic nitrogens is 1. The Morgan fingerprint density at radius 3 is 2.50 bits per heavy atom. The molecule has 0 saturated carbocycles. The van der Waals surface area contributed by atoms with E-state index in [1.165, 1.54) is 16.8 Å². The van der Waals surface area contributed by atoms with Crippen LogP contribution < -0.4 is 10.6 Å². The number of hydrogen-bond acceptors (Lipinski definition) is 3. The molecule has 0 radical (unpaired) electrons. The molecule has 0 aliphatic heterocycles. The van der Waals surface area contributed by atoms with E-state index in [-0.39, 0.29) is 6.04 Å². The summed E-state index contributed by atoms with van der Waals surface area (Å²) < 4.78 is 0. The van der Waals surface area contributed by atoms with E-state index in [9.17, 15) is 0 Å². The van der Waals surface area contributed by atoms with Crippen molar-refractivity contribution in [2.24, 2.45) is 5.73 Å². The van der Waals surface area contributed by atoms with Crippen LogP contribution in [-0.4, -0.2) is 17.6 Å². The molecule has 0 amide bonds. The lowest BCUT2D eigenvalue weighted by molar-refractivity contribution is 0.729. The first-order valence-corrected chi connectivity index (χ1v) is 7.18. The fourth-order valence-corrected chi connectivity index (χ4v) is 2.41. The van der Waals surface area contributed by atoms with Gasteiger partial charge in [0, 0.05) is 37.2 Å². The number of pyridine rings is 1.